The molecule has 2 aromatic rings. The first-order chi connectivity index (χ1) is 14.0. The first-order valence-corrected chi connectivity index (χ1v) is 9.92. The van der Waals surface area contributed by atoms with Gasteiger partial charge in [-0.15, -0.1) is 0 Å². The zero-order valence-corrected chi connectivity index (χ0v) is 16.6. The van der Waals surface area contributed by atoms with Gasteiger partial charge < -0.3 is 19.9 Å². The van der Waals surface area contributed by atoms with Crippen molar-refractivity contribution in [3.8, 4) is 5.75 Å². The van der Waals surface area contributed by atoms with Crippen LogP contribution in [-0.2, 0) is 16.0 Å². The van der Waals surface area contributed by atoms with Crippen molar-refractivity contribution in [3.63, 3.8) is 0 Å². The minimum absolute atomic E-state index is 0.0586. The Kier molecular flexibility index (Phi) is 7.25. The normalized spacial score (nSPS) is 16.9. The molecule has 0 radical (unpaired) electrons. The van der Waals surface area contributed by atoms with Crippen LogP contribution in [0, 0.1) is 12.8 Å². The number of carbonyl (C=O) groups is 2. The lowest BCUT2D eigenvalue weighted by Gasteiger charge is -2.15. The molecule has 154 valence electrons. The number of hydrogen-bond acceptors (Lipinski definition) is 4. The molecule has 2 unspecified atom stereocenters. The van der Waals surface area contributed by atoms with E-state index in [1.807, 2.05) is 31.2 Å². The number of nitrogens with one attached hydrogen (secondary N) is 1. The molecule has 1 amide bonds. The Morgan fingerprint density at radius 2 is 2.07 bits per heavy atom. The van der Waals surface area contributed by atoms with Gasteiger partial charge in [-0.05, 0) is 49.9 Å². The van der Waals surface area contributed by atoms with E-state index in [1.54, 1.807) is 24.3 Å². The standard InChI is InChI=1S/C23H27NO5/c1-16-5-2-6-17(11-16)12-19(23(26)27)14-24-22(25)18-7-3-8-20(13-18)29-15-21-9-4-10-28-21/h2-3,5-8,11,13,19,21H,4,9-10,12,14-15H2,1H3,(H,24,25)(H,26,27). The predicted octanol–water partition coefficient (Wildman–Crippen LogP) is 3.23. The summed E-state index contributed by atoms with van der Waals surface area (Å²) in [6.45, 7) is 3.25. The second-order valence-electron chi connectivity index (χ2n) is 7.41. The highest BCUT2D eigenvalue weighted by molar-refractivity contribution is 5.94. The van der Waals surface area contributed by atoms with Crippen molar-refractivity contribution in [2.75, 3.05) is 19.8 Å². The van der Waals surface area contributed by atoms with E-state index in [9.17, 15) is 14.7 Å². The average Bonchev–Trinajstić information content (AvgIpc) is 3.23. The number of carbonyl (C=O) groups excluding carboxylic acids is 1. The SMILES string of the molecule is Cc1cccc(CC(CNC(=O)c2cccc(OCC3CCCO3)c2)C(=O)O)c1. The summed E-state index contributed by atoms with van der Waals surface area (Å²) in [6, 6.07) is 14.6. The molecule has 0 saturated carbocycles. The van der Waals surface area contributed by atoms with Crippen molar-refractivity contribution in [3.05, 3.63) is 65.2 Å². The maximum atomic E-state index is 12.5. The molecule has 1 aliphatic rings. The number of aliphatic carboxylic acids is 1. The van der Waals surface area contributed by atoms with Gasteiger partial charge in [0, 0.05) is 18.7 Å². The van der Waals surface area contributed by atoms with Crippen LogP contribution in [0.1, 0.15) is 34.3 Å². The van der Waals surface area contributed by atoms with Gasteiger partial charge in [0.05, 0.1) is 12.0 Å². The van der Waals surface area contributed by atoms with E-state index >= 15 is 0 Å². The van der Waals surface area contributed by atoms with Crippen LogP contribution >= 0.6 is 0 Å². The van der Waals surface area contributed by atoms with Crippen LogP contribution in [0.3, 0.4) is 0 Å². The van der Waals surface area contributed by atoms with Crippen molar-refractivity contribution < 1.29 is 24.2 Å². The van der Waals surface area contributed by atoms with Gasteiger partial charge in [0.1, 0.15) is 12.4 Å². The number of amides is 1. The Morgan fingerprint density at radius 1 is 1.24 bits per heavy atom. The quantitative estimate of drug-likeness (QED) is 0.679. The maximum absolute atomic E-state index is 12.5. The summed E-state index contributed by atoms with van der Waals surface area (Å²) in [4.78, 5) is 24.1. The third kappa shape index (κ3) is 6.32. The van der Waals surface area contributed by atoms with Crippen LogP contribution in [0.25, 0.3) is 0 Å². The first-order valence-electron chi connectivity index (χ1n) is 9.92. The van der Waals surface area contributed by atoms with E-state index in [0.29, 0.717) is 24.3 Å². The van der Waals surface area contributed by atoms with Crippen LogP contribution in [-0.4, -0.2) is 42.8 Å². The summed E-state index contributed by atoms with van der Waals surface area (Å²) in [5, 5.41) is 12.3. The van der Waals surface area contributed by atoms with Crippen LogP contribution in [0.15, 0.2) is 48.5 Å². The fraction of sp³-hybridized carbons (Fsp3) is 0.391. The van der Waals surface area contributed by atoms with E-state index in [-0.39, 0.29) is 18.6 Å². The zero-order valence-electron chi connectivity index (χ0n) is 16.6. The number of ether oxygens (including phenoxy) is 2. The second-order valence-corrected chi connectivity index (χ2v) is 7.41. The van der Waals surface area contributed by atoms with Crippen LogP contribution in [0.2, 0.25) is 0 Å². The highest BCUT2D eigenvalue weighted by Crippen LogP contribution is 2.17. The third-order valence-electron chi connectivity index (χ3n) is 4.98. The molecule has 0 aliphatic carbocycles. The summed E-state index contributed by atoms with van der Waals surface area (Å²) in [5.74, 6) is -1.34. The molecule has 1 fully saturated rings. The van der Waals surface area contributed by atoms with Gasteiger partial charge in [-0.3, -0.25) is 9.59 Å². The van der Waals surface area contributed by atoms with Gasteiger partial charge in [0.2, 0.25) is 0 Å². The van der Waals surface area contributed by atoms with Crippen LogP contribution in [0.4, 0.5) is 0 Å². The minimum atomic E-state index is -0.930. The lowest BCUT2D eigenvalue weighted by Crippen LogP contribution is -2.34. The van der Waals surface area contributed by atoms with E-state index < -0.39 is 11.9 Å². The summed E-state index contributed by atoms with van der Waals surface area (Å²) >= 11 is 0. The molecule has 2 atom stereocenters. The number of rotatable bonds is 9. The molecule has 1 heterocycles. The number of hydrogen-bond donors (Lipinski definition) is 2. The molecule has 0 aromatic heterocycles. The highest BCUT2D eigenvalue weighted by atomic mass is 16.5. The Bertz CT molecular complexity index is 845. The maximum Gasteiger partial charge on any atom is 0.308 e. The van der Waals surface area contributed by atoms with Gasteiger partial charge in [-0.1, -0.05) is 35.9 Å². The van der Waals surface area contributed by atoms with Crippen molar-refractivity contribution in [2.24, 2.45) is 5.92 Å². The molecule has 6 heteroatoms. The predicted molar refractivity (Wildman–Crippen MR) is 109 cm³/mol. The molecule has 2 N–H and O–H groups in total. The Labute approximate surface area is 170 Å². The summed E-state index contributed by atoms with van der Waals surface area (Å²) in [5.41, 5.74) is 2.46. The van der Waals surface area contributed by atoms with Gasteiger partial charge in [-0.2, -0.15) is 0 Å². The molecule has 1 saturated heterocycles. The lowest BCUT2D eigenvalue weighted by molar-refractivity contribution is -0.141. The molecule has 29 heavy (non-hydrogen) atoms. The molecular weight excluding hydrogens is 370 g/mol. The van der Waals surface area contributed by atoms with E-state index in [2.05, 4.69) is 5.32 Å². The topological polar surface area (TPSA) is 84.9 Å². The first kappa shape index (κ1) is 20.9. The number of benzene rings is 2. The van der Waals surface area contributed by atoms with Crippen LogP contribution < -0.4 is 10.1 Å². The lowest BCUT2D eigenvalue weighted by atomic mass is 9.98. The fourth-order valence-corrected chi connectivity index (χ4v) is 3.38. The summed E-state index contributed by atoms with van der Waals surface area (Å²) in [6.07, 6.45) is 2.49. The van der Waals surface area contributed by atoms with Crippen molar-refractivity contribution in [1.29, 1.82) is 0 Å². The van der Waals surface area contributed by atoms with E-state index in [1.165, 1.54) is 0 Å². The molecule has 2 aromatic carbocycles. The fourth-order valence-electron chi connectivity index (χ4n) is 3.38. The van der Waals surface area contributed by atoms with Gasteiger partial charge in [0.25, 0.3) is 5.91 Å². The Hall–Kier alpha value is -2.86. The van der Waals surface area contributed by atoms with Crippen LogP contribution in [0.5, 0.6) is 5.75 Å². The molecule has 0 spiro atoms. The summed E-state index contributed by atoms with van der Waals surface area (Å²) in [7, 11) is 0. The van der Waals surface area contributed by atoms with Crippen molar-refractivity contribution in [2.45, 2.75) is 32.3 Å². The minimum Gasteiger partial charge on any atom is -0.491 e. The molecule has 1 aliphatic heterocycles. The number of carboxylic acids is 1. The third-order valence-corrected chi connectivity index (χ3v) is 4.98. The van der Waals surface area contributed by atoms with Gasteiger partial charge >= 0.3 is 5.97 Å². The molecule has 6 nitrogen and oxygen atoms in total. The van der Waals surface area contributed by atoms with E-state index in [4.69, 9.17) is 9.47 Å². The van der Waals surface area contributed by atoms with E-state index in [0.717, 1.165) is 30.6 Å². The number of aryl methyl sites for hydroxylation is 1. The Balaban J connectivity index is 1.55. The van der Waals surface area contributed by atoms with Crippen molar-refractivity contribution in [1.82, 2.24) is 5.32 Å². The largest absolute Gasteiger partial charge is 0.491 e. The molecule has 3 rings (SSSR count). The van der Waals surface area contributed by atoms with Gasteiger partial charge in [-0.25, -0.2) is 0 Å². The smallest absolute Gasteiger partial charge is 0.308 e. The Morgan fingerprint density at radius 3 is 2.79 bits per heavy atom. The average molecular weight is 397 g/mol. The molecule has 0 bridgehead atoms. The van der Waals surface area contributed by atoms with Gasteiger partial charge in [0.15, 0.2) is 0 Å². The monoisotopic (exact) mass is 397 g/mol. The second kappa shape index (κ2) is 10.1. The van der Waals surface area contributed by atoms with Crippen molar-refractivity contribution >= 4 is 11.9 Å². The number of carboxylic acid groups (broad SMARTS) is 1. The highest BCUT2D eigenvalue weighted by Gasteiger charge is 2.20. The zero-order chi connectivity index (χ0) is 20.6. The molecular formula is C23H27NO5. The summed E-state index contributed by atoms with van der Waals surface area (Å²) < 4.78 is 11.3.